The maximum Gasteiger partial charge on any atom is 0.141 e. The number of aliphatic hydroxyl groups excluding tert-OH is 1. The van der Waals surface area contributed by atoms with Crippen molar-refractivity contribution < 1.29 is 5.11 Å². The number of anilines is 1. The van der Waals surface area contributed by atoms with Crippen molar-refractivity contribution in [2.45, 2.75) is 38.3 Å². The molecule has 0 amide bonds. The molecule has 5 heteroatoms. The van der Waals surface area contributed by atoms with Crippen LogP contribution in [0.15, 0.2) is 12.5 Å². The second-order valence-corrected chi connectivity index (χ2v) is 4.82. The fourth-order valence-corrected chi connectivity index (χ4v) is 2.57. The SMILES string of the molecule is Nc1cn(CCN[C@@H]2CCCC[C@@H]2CO)cn1. The van der Waals surface area contributed by atoms with Crippen molar-refractivity contribution in [1.82, 2.24) is 14.9 Å². The van der Waals surface area contributed by atoms with E-state index in [1.807, 2.05) is 10.8 Å². The lowest BCUT2D eigenvalue weighted by Gasteiger charge is -2.31. The van der Waals surface area contributed by atoms with Crippen LogP contribution in [0.4, 0.5) is 5.82 Å². The van der Waals surface area contributed by atoms with Crippen molar-refractivity contribution in [3.05, 3.63) is 12.5 Å². The van der Waals surface area contributed by atoms with Crippen molar-refractivity contribution in [2.75, 3.05) is 18.9 Å². The number of aliphatic hydroxyl groups is 1. The first kappa shape index (κ1) is 12.4. The van der Waals surface area contributed by atoms with Crippen molar-refractivity contribution in [2.24, 2.45) is 5.92 Å². The Bertz CT molecular complexity index is 339. The molecular weight excluding hydrogens is 216 g/mol. The highest BCUT2D eigenvalue weighted by Gasteiger charge is 2.23. The first-order valence-corrected chi connectivity index (χ1v) is 6.41. The van der Waals surface area contributed by atoms with Crippen LogP contribution >= 0.6 is 0 Å². The van der Waals surface area contributed by atoms with Crippen LogP contribution in [0, 0.1) is 5.92 Å². The van der Waals surface area contributed by atoms with Gasteiger partial charge >= 0.3 is 0 Å². The predicted octanol–water partition coefficient (Wildman–Crippen LogP) is 0.606. The Morgan fingerprint density at radius 1 is 1.47 bits per heavy atom. The topological polar surface area (TPSA) is 76.1 Å². The molecule has 1 aromatic rings. The lowest BCUT2D eigenvalue weighted by Crippen LogP contribution is -2.41. The number of nitrogens with one attached hydrogen (secondary N) is 1. The van der Waals surface area contributed by atoms with Crippen LogP contribution in [0.25, 0.3) is 0 Å². The zero-order chi connectivity index (χ0) is 12.1. The molecule has 1 aliphatic rings. The Morgan fingerprint density at radius 2 is 2.29 bits per heavy atom. The van der Waals surface area contributed by atoms with Crippen LogP contribution in [0.5, 0.6) is 0 Å². The molecule has 1 aliphatic carbocycles. The zero-order valence-corrected chi connectivity index (χ0v) is 10.2. The Balaban J connectivity index is 1.73. The second kappa shape index (κ2) is 6.02. The number of nitrogens with zero attached hydrogens (tertiary/aromatic N) is 2. The lowest BCUT2D eigenvalue weighted by atomic mass is 9.85. The molecule has 2 atom stereocenters. The summed E-state index contributed by atoms with van der Waals surface area (Å²) in [4.78, 5) is 3.99. The zero-order valence-electron chi connectivity index (χ0n) is 10.2. The average molecular weight is 238 g/mol. The molecule has 0 saturated heterocycles. The molecule has 4 N–H and O–H groups in total. The molecule has 5 nitrogen and oxygen atoms in total. The fraction of sp³-hybridized carbons (Fsp3) is 0.750. The highest BCUT2D eigenvalue weighted by atomic mass is 16.3. The van der Waals surface area contributed by atoms with E-state index in [1.54, 1.807) is 6.33 Å². The van der Waals surface area contributed by atoms with E-state index in [2.05, 4.69) is 10.3 Å². The molecule has 96 valence electrons. The molecule has 2 rings (SSSR count). The van der Waals surface area contributed by atoms with Crippen LogP contribution in [0.2, 0.25) is 0 Å². The van der Waals surface area contributed by atoms with Gasteiger partial charge in [-0.1, -0.05) is 12.8 Å². The number of nitrogen functional groups attached to an aromatic ring is 1. The predicted molar refractivity (Wildman–Crippen MR) is 67.5 cm³/mol. The Labute approximate surface area is 102 Å². The van der Waals surface area contributed by atoms with E-state index >= 15 is 0 Å². The Morgan fingerprint density at radius 3 is 3.00 bits per heavy atom. The summed E-state index contributed by atoms with van der Waals surface area (Å²) in [6.45, 7) is 2.07. The van der Waals surface area contributed by atoms with Gasteiger partial charge < -0.3 is 20.7 Å². The third-order valence-electron chi connectivity index (χ3n) is 3.57. The van der Waals surface area contributed by atoms with Gasteiger partial charge in [0, 0.05) is 31.9 Å². The minimum Gasteiger partial charge on any atom is -0.396 e. The Hall–Kier alpha value is -1.07. The molecule has 1 aromatic heterocycles. The van der Waals surface area contributed by atoms with Gasteiger partial charge in [-0.05, 0) is 18.8 Å². The fourth-order valence-electron chi connectivity index (χ4n) is 2.57. The van der Waals surface area contributed by atoms with Crippen molar-refractivity contribution in [3.8, 4) is 0 Å². The molecule has 0 radical (unpaired) electrons. The van der Waals surface area contributed by atoms with E-state index in [9.17, 15) is 5.11 Å². The molecule has 1 fully saturated rings. The van der Waals surface area contributed by atoms with Gasteiger partial charge in [-0.2, -0.15) is 0 Å². The van der Waals surface area contributed by atoms with Gasteiger partial charge in [0.05, 0.1) is 6.33 Å². The van der Waals surface area contributed by atoms with Crippen LogP contribution in [0.1, 0.15) is 25.7 Å². The number of imidazole rings is 1. The van der Waals surface area contributed by atoms with Gasteiger partial charge in [0.15, 0.2) is 0 Å². The third-order valence-corrected chi connectivity index (χ3v) is 3.57. The van der Waals surface area contributed by atoms with Crippen LogP contribution in [-0.4, -0.2) is 33.9 Å². The summed E-state index contributed by atoms with van der Waals surface area (Å²) in [5.41, 5.74) is 5.55. The van der Waals surface area contributed by atoms with Gasteiger partial charge in [-0.15, -0.1) is 0 Å². The maximum absolute atomic E-state index is 9.31. The van der Waals surface area contributed by atoms with E-state index in [4.69, 9.17) is 5.73 Å². The van der Waals surface area contributed by atoms with E-state index < -0.39 is 0 Å². The van der Waals surface area contributed by atoms with E-state index in [-0.39, 0.29) is 0 Å². The highest BCUT2D eigenvalue weighted by Crippen LogP contribution is 2.23. The number of hydrogen-bond acceptors (Lipinski definition) is 4. The molecule has 0 aromatic carbocycles. The van der Waals surface area contributed by atoms with Crippen LogP contribution in [-0.2, 0) is 6.54 Å². The molecule has 0 bridgehead atoms. The van der Waals surface area contributed by atoms with E-state index in [1.165, 1.54) is 19.3 Å². The van der Waals surface area contributed by atoms with Gasteiger partial charge in [0.2, 0.25) is 0 Å². The normalized spacial score (nSPS) is 25.0. The van der Waals surface area contributed by atoms with Crippen molar-refractivity contribution in [1.29, 1.82) is 0 Å². The number of rotatable bonds is 5. The summed E-state index contributed by atoms with van der Waals surface area (Å²) in [5, 5.41) is 12.8. The standard InChI is InChI=1S/C12H22N4O/c13-12-7-16(9-15-12)6-5-14-11-4-2-1-3-10(11)8-17/h7,9-11,14,17H,1-6,8,13H2/t10-,11-/m1/s1. The van der Waals surface area contributed by atoms with Crippen molar-refractivity contribution >= 4 is 5.82 Å². The van der Waals surface area contributed by atoms with Gasteiger partial charge in [-0.3, -0.25) is 0 Å². The first-order valence-electron chi connectivity index (χ1n) is 6.41. The van der Waals surface area contributed by atoms with Gasteiger partial charge in [0.1, 0.15) is 5.82 Å². The van der Waals surface area contributed by atoms with Gasteiger partial charge in [-0.25, -0.2) is 4.98 Å². The molecule has 0 aliphatic heterocycles. The van der Waals surface area contributed by atoms with Gasteiger partial charge in [0.25, 0.3) is 0 Å². The summed E-state index contributed by atoms with van der Waals surface area (Å²) in [5.74, 6) is 0.993. The Kier molecular flexibility index (Phi) is 4.39. The average Bonchev–Trinajstić information content (AvgIpc) is 2.76. The second-order valence-electron chi connectivity index (χ2n) is 4.82. The number of aromatic nitrogens is 2. The largest absolute Gasteiger partial charge is 0.396 e. The van der Waals surface area contributed by atoms with E-state index in [0.29, 0.717) is 24.4 Å². The summed E-state index contributed by atoms with van der Waals surface area (Å²) >= 11 is 0. The minimum atomic E-state index is 0.301. The molecule has 1 heterocycles. The highest BCUT2D eigenvalue weighted by molar-refractivity contribution is 5.22. The molecule has 17 heavy (non-hydrogen) atoms. The molecular formula is C12H22N4O. The summed E-state index contributed by atoms with van der Waals surface area (Å²) in [6.07, 6.45) is 8.44. The van der Waals surface area contributed by atoms with Crippen LogP contribution < -0.4 is 11.1 Å². The van der Waals surface area contributed by atoms with Crippen LogP contribution in [0.3, 0.4) is 0 Å². The van der Waals surface area contributed by atoms with E-state index in [0.717, 1.165) is 19.5 Å². The van der Waals surface area contributed by atoms with Crippen molar-refractivity contribution in [3.63, 3.8) is 0 Å². The monoisotopic (exact) mass is 238 g/mol. The summed E-state index contributed by atoms with van der Waals surface area (Å²) in [6, 6.07) is 0.467. The quantitative estimate of drug-likeness (QED) is 0.702. The first-order chi connectivity index (χ1) is 8.29. The minimum absolute atomic E-state index is 0.301. The molecule has 0 unspecified atom stereocenters. The molecule has 0 spiro atoms. The summed E-state index contributed by atoms with van der Waals surface area (Å²) < 4.78 is 1.99. The number of nitrogens with two attached hydrogens (primary N) is 1. The lowest BCUT2D eigenvalue weighted by molar-refractivity contribution is 0.152. The number of hydrogen-bond donors (Lipinski definition) is 3. The maximum atomic E-state index is 9.31. The smallest absolute Gasteiger partial charge is 0.141 e. The third kappa shape index (κ3) is 3.44. The summed E-state index contributed by atoms with van der Waals surface area (Å²) in [7, 11) is 0. The molecule has 1 saturated carbocycles.